The van der Waals surface area contributed by atoms with Crippen molar-refractivity contribution in [1.82, 2.24) is 0 Å². The summed E-state index contributed by atoms with van der Waals surface area (Å²) in [4.78, 5) is 14.5. The van der Waals surface area contributed by atoms with Crippen molar-refractivity contribution in [1.29, 1.82) is 0 Å². The summed E-state index contributed by atoms with van der Waals surface area (Å²) in [7, 11) is 1.56. The summed E-state index contributed by atoms with van der Waals surface area (Å²) in [6.07, 6.45) is 2.53. The Hall–Kier alpha value is -1.32. The molecule has 62 valence electrons. The summed E-state index contributed by atoms with van der Waals surface area (Å²) in [6.45, 7) is 2.07. The fourth-order valence-electron chi connectivity index (χ4n) is 0.517. The maximum atomic E-state index is 10.9. The van der Waals surface area contributed by atoms with E-state index in [4.69, 9.17) is 5.73 Å². The lowest BCUT2D eigenvalue weighted by atomic mass is 10.3. The molecule has 0 unspecified atom stereocenters. The van der Waals surface area contributed by atoms with Crippen LogP contribution in [0.1, 0.15) is 6.92 Å². The molecule has 0 aromatic carbocycles. The van der Waals surface area contributed by atoms with Crippen molar-refractivity contribution in [2.45, 2.75) is 6.92 Å². The number of hydrogen-bond acceptors (Lipinski definition) is 4. The molecule has 0 amide bonds. The van der Waals surface area contributed by atoms with Crippen molar-refractivity contribution in [3.05, 3.63) is 11.8 Å². The minimum atomic E-state index is -0.444. The SMILES string of the molecule is CCOC(=O)/C(C=NC)=C/N. The van der Waals surface area contributed by atoms with Gasteiger partial charge in [0.2, 0.25) is 0 Å². The zero-order valence-electron chi connectivity index (χ0n) is 6.70. The first-order valence-corrected chi connectivity index (χ1v) is 3.27. The Morgan fingerprint density at radius 3 is 2.73 bits per heavy atom. The highest BCUT2D eigenvalue weighted by atomic mass is 16.5. The lowest BCUT2D eigenvalue weighted by molar-refractivity contribution is -0.137. The summed E-state index contributed by atoms with van der Waals surface area (Å²) < 4.78 is 4.67. The summed E-state index contributed by atoms with van der Waals surface area (Å²) >= 11 is 0. The third kappa shape index (κ3) is 3.40. The van der Waals surface area contributed by atoms with E-state index in [1.54, 1.807) is 14.0 Å². The molecule has 11 heavy (non-hydrogen) atoms. The number of carbonyl (C=O) groups excluding carboxylic acids is 1. The van der Waals surface area contributed by atoms with Crippen molar-refractivity contribution in [3.63, 3.8) is 0 Å². The minimum absolute atomic E-state index is 0.273. The molecule has 0 bridgehead atoms. The van der Waals surface area contributed by atoms with Gasteiger partial charge in [0, 0.05) is 19.5 Å². The fraction of sp³-hybridized carbons (Fsp3) is 0.429. The molecule has 0 fully saturated rings. The number of ether oxygens (including phenoxy) is 1. The van der Waals surface area contributed by atoms with Gasteiger partial charge in [-0.15, -0.1) is 0 Å². The molecule has 0 saturated heterocycles. The predicted octanol–water partition coefficient (Wildman–Crippen LogP) is 0.0927. The third-order valence-corrected chi connectivity index (χ3v) is 0.959. The Morgan fingerprint density at radius 2 is 2.36 bits per heavy atom. The molecule has 0 saturated carbocycles. The quantitative estimate of drug-likeness (QED) is 0.358. The summed E-state index contributed by atoms with van der Waals surface area (Å²) in [5.74, 6) is -0.444. The van der Waals surface area contributed by atoms with Crippen molar-refractivity contribution in [2.24, 2.45) is 10.7 Å². The van der Waals surface area contributed by atoms with E-state index in [1.807, 2.05) is 0 Å². The van der Waals surface area contributed by atoms with Gasteiger partial charge < -0.3 is 10.5 Å². The van der Waals surface area contributed by atoms with E-state index in [9.17, 15) is 4.79 Å². The van der Waals surface area contributed by atoms with Crippen LogP contribution < -0.4 is 5.73 Å². The van der Waals surface area contributed by atoms with Gasteiger partial charge in [-0.25, -0.2) is 4.79 Å². The van der Waals surface area contributed by atoms with Gasteiger partial charge >= 0.3 is 5.97 Å². The normalized spacial score (nSPS) is 12.0. The molecule has 0 aromatic rings. The first-order valence-electron chi connectivity index (χ1n) is 3.27. The maximum Gasteiger partial charge on any atom is 0.341 e. The number of hydrogen-bond donors (Lipinski definition) is 1. The van der Waals surface area contributed by atoms with Gasteiger partial charge in [-0.3, -0.25) is 4.99 Å². The van der Waals surface area contributed by atoms with E-state index in [2.05, 4.69) is 9.73 Å². The highest BCUT2D eigenvalue weighted by molar-refractivity contribution is 6.09. The Kier molecular flexibility index (Phi) is 4.81. The van der Waals surface area contributed by atoms with Gasteiger partial charge in [0.05, 0.1) is 12.2 Å². The van der Waals surface area contributed by atoms with Crippen LogP contribution in [0.15, 0.2) is 16.8 Å². The van der Waals surface area contributed by atoms with Crippen molar-refractivity contribution in [3.8, 4) is 0 Å². The van der Waals surface area contributed by atoms with Crippen molar-refractivity contribution < 1.29 is 9.53 Å². The zero-order chi connectivity index (χ0) is 8.69. The lowest BCUT2D eigenvalue weighted by Gasteiger charge is -1.99. The largest absolute Gasteiger partial charge is 0.462 e. The van der Waals surface area contributed by atoms with Gasteiger partial charge in [0.1, 0.15) is 0 Å². The number of rotatable bonds is 3. The van der Waals surface area contributed by atoms with E-state index in [0.29, 0.717) is 6.61 Å². The van der Waals surface area contributed by atoms with Crippen LogP contribution in [0.25, 0.3) is 0 Å². The van der Waals surface area contributed by atoms with Gasteiger partial charge in [-0.2, -0.15) is 0 Å². The third-order valence-electron chi connectivity index (χ3n) is 0.959. The van der Waals surface area contributed by atoms with Gasteiger partial charge in [0.15, 0.2) is 0 Å². The molecule has 4 nitrogen and oxygen atoms in total. The molecule has 0 aromatic heterocycles. The summed E-state index contributed by atoms with van der Waals surface area (Å²) in [5.41, 5.74) is 5.41. The van der Waals surface area contributed by atoms with Crippen LogP contribution in [0.5, 0.6) is 0 Å². The van der Waals surface area contributed by atoms with Crippen molar-refractivity contribution in [2.75, 3.05) is 13.7 Å². The smallest absolute Gasteiger partial charge is 0.341 e. The molecule has 0 spiro atoms. The van der Waals surface area contributed by atoms with Gasteiger partial charge in [-0.1, -0.05) is 0 Å². The van der Waals surface area contributed by atoms with E-state index in [0.717, 1.165) is 0 Å². The predicted molar refractivity (Wildman–Crippen MR) is 43.3 cm³/mol. The average molecular weight is 156 g/mol. The summed E-state index contributed by atoms with van der Waals surface area (Å²) in [5, 5.41) is 0. The van der Waals surface area contributed by atoms with Crippen LogP contribution in [-0.4, -0.2) is 25.8 Å². The Labute approximate surface area is 65.7 Å². The van der Waals surface area contributed by atoms with Crippen LogP contribution in [0.2, 0.25) is 0 Å². The Balaban J connectivity index is 4.16. The molecule has 0 heterocycles. The van der Waals surface area contributed by atoms with Crippen molar-refractivity contribution >= 4 is 12.2 Å². The van der Waals surface area contributed by atoms with Crippen LogP contribution >= 0.6 is 0 Å². The molecule has 0 aliphatic rings. The monoisotopic (exact) mass is 156 g/mol. The highest BCUT2D eigenvalue weighted by Crippen LogP contribution is 1.91. The number of aliphatic imine (C=N–C) groups is 1. The van der Waals surface area contributed by atoms with Crippen LogP contribution in [0.3, 0.4) is 0 Å². The Morgan fingerprint density at radius 1 is 1.73 bits per heavy atom. The molecular formula is C7H12N2O2. The van der Waals surface area contributed by atoms with Gasteiger partial charge in [-0.05, 0) is 6.92 Å². The van der Waals surface area contributed by atoms with Crippen LogP contribution in [-0.2, 0) is 9.53 Å². The molecule has 0 aliphatic heterocycles. The first-order chi connectivity index (χ1) is 5.26. The second-order valence-electron chi connectivity index (χ2n) is 1.73. The second-order valence-corrected chi connectivity index (χ2v) is 1.73. The minimum Gasteiger partial charge on any atom is -0.462 e. The number of nitrogens with zero attached hydrogens (tertiary/aromatic N) is 1. The molecule has 2 N–H and O–H groups in total. The molecular weight excluding hydrogens is 144 g/mol. The van der Waals surface area contributed by atoms with Crippen LogP contribution in [0, 0.1) is 0 Å². The fourth-order valence-corrected chi connectivity index (χ4v) is 0.517. The molecule has 4 heteroatoms. The molecule has 0 rings (SSSR count). The first kappa shape index (κ1) is 9.68. The number of esters is 1. The number of nitrogens with two attached hydrogens (primary N) is 1. The average Bonchev–Trinajstić information content (AvgIpc) is 2.00. The van der Waals surface area contributed by atoms with E-state index in [1.165, 1.54) is 12.4 Å². The van der Waals surface area contributed by atoms with E-state index >= 15 is 0 Å². The zero-order valence-corrected chi connectivity index (χ0v) is 6.70. The summed E-state index contributed by atoms with van der Waals surface area (Å²) in [6, 6.07) is 0. The van der Waals surface area contributed by atoms with E-state index < -0.39 is 5.97 Å². The standard InChI is InChI=1S/C7H12N2O2/c1-3-11-7(10)6(4-8)5-9-2/h4-5H,3,8H2,1-2H3/b6-4+,9-5?. The topological polar surface area (TPSA) is 64.7 Å². The second kappa shape index (κ2) is 5.46. The van der Waals surface area contributed by atoms with Gasteiger partial charge in [0.25, 0.3) is 0 Å². The molecule has 0 aliphatic carbocycles. The van der Waals surface area contributed by atoms with Crippen LogP contribution in [0.4, 0.5) is 0 Å². The lowest BCUT2D eigenvalue weighted by Crippen LogP contribution is -2.10. The molecule has 0 atom stereocenters. The Bertz CT molecular complexity index is 185. The maximum absolute atomic E-state index is 10.9. The molecule has 0 radical (unpaired) electrons. The number of carbonyl (C=O) groups is 1. The highest BCUT2D eigenvalue weighted by Gasteiger charge is 2.05. The van der Waals surface area contributed by atoms with E-state index in [-0.39, 0.29) is 5.57 Å².